The van der Waals surface area contributed by atoms with E-state index in [1.165, 1.54) is 14.0 Å². The van der Waals surface area contributed by atoms with Gasteiger partial charge in [0.2, 0.25) is 0 Å². The molecule has 0 heterocycles. The van der Waals surface area contributed by atoms with Gasteiger partial charge in [0.05, 0.1) is 6.61 Å². The van der Waals surface area contributed by atoms with E-state index in [1.807, 2.05) is 0 Å². The van der Waals surface area contributed by atoms with Gasteiger partial charge >= 0.3 is 11.9 Å². The number of aliphatic carboxylic acids is 1. The molecule has 6 heteroatoms. The van der Waals surface area contributed by atoms with Gasteiger partial charge in [0.1, 0.15) is 12.4 Å². The van der Waals surface area contributed by atoms with Crippen molar-refractivity contribution in [3.8, 4) is 0 Å². The van der Waals surface area contributed by atoms with Crippen LogP contribution in [0.3, 0.4) is 0 Å². The molecule has 0 aromatic heterocycles. The number of methoxy groups -OCH3 is 1. The number of carboxylic acid groups (broad SMARTS) is 1. The van der Waals surface area contributed by atoms with Crippen molar-refractivity contribution in [2.45, 2.75) is 39.0 Å². The molecule has 1 N–H and O–H groups in total. The van der Waals surface area contributed by atoms with Crippen molar-refractivity contribution in [1.82, 2.24) is 0 Å². The summed E-state index contributed by atoms with van der Waals surface area (Å²) in [6.07, 6.45) is 2.32. The number of ketones is 1. The van der Waals surface area contributed by atoms with Crippen molar-refractivity contribution in [3.63, 3.8) is 0 Å². The van der Waals surface area contributed by atoms with Crippen molar-refractivity contribution >= 4 is 17.7 Å². The molecule has 0 aliphatic rings. The highest BCUT2D eigenvalue weighted by molar-refractivity contribution is 5.78. The molecule has 1 atom stereocenters. The predicted molar refractivity (Wildman–Crippen MR) is 67.7 cm³/mol. The van der Waals surface area contributed by atoms with E-state index in [-0.39, 0.29) is 31.3 Å². The molecule has 110 valence electrons. The van der Waals surface area contributed by atoms with Crippen LogP contribution in [0.25, 0.3) is 0 Å². The van der Waals surface area contributed by atoms with Crippen LogP contribution in [0.1, 0.15) is 39.0 Å². The van der Waals surface area contributed by atoms with Crippen LogP contribution in [-0.4, -0.2) is 43.2 Å². The topological polar surface area (TPSA) is 89.9 Å². The molecule has 0 aromatic rings. The molecule has 0 aromatic carbocycles. The fourth-order valence-electron chi connectivity index (χ4n) is 1.73. The maximum absolute atomic E-state index is 11.4. The van der Waals surface area contributed by atoms with Crippen LogP contribution in [0.4, 0.5) is 0 Å². The van der Waals surface area contributed by atoms with E-state index >= 15 is 0 Å². The van der Waals surface area contributed by atoms with Crippen LogP contribution in [0.2, 0.25) is 0 Å². The number of rotatable bonds is 11. The Balaban J connectivity index is 3.79. The Morgan fingerprint density at radius 3 is 2.32 bits per heavy atom. The first-order valence-corrected chi connectivity index (χ1v) is 6.34. The molecule has 19 heavy (non-hydrogen) atoms. The van der Waals surface area contributed by atoms with Crippen molar-refractivity contribution in [2.75, 3.05) is 20.3 Å². The Morgan fingerprint density at radius 2 is 1.79 bits per heavy atom. The summed E-state index contributed by atoms with van der Waals surface area (Å²) in [7, 11) is 1.41. The third-order valence-corrected chi connectivity index (χ3v) is 2.74. The number of Topliss-reactive ketones (excluding diaryl/α,β-unsaturated/α-hetero) is 1. The summed E-state index contributed by atoms with van der Waals surface area (Å²) >= 11 is 0. The maximum Gasteiger partial charge on any atom is 0.332 e. The van der Waals surface area contributed by atoms with E-state index in [0.717, 1.165) is 0 Å². The third-order valence-electron chi connectivity index (χ3n) is 2.74. The van der Waals surface area contributed by atoms with Gasteiger partial charge in [0.25, 0.3) is 0 Å². The molecule has 1 unspecified atom stereocenters. The van der Waals surface area contributed by atoms with E-state index in [4.69, 9.17) is 9.84 Å². The van der Waals surface area contributed by atoms with E-state index in [1.54, 1.807) is 0 Å². The number of ether oxygens (including phenoxy) is 2. The summed E-state index contributed by atoms with van der Waals surface area (Å²) in [5.74, 6) is -1.38. The summed E-state index contributed by atoms with van der Waals surface area (Å²) in [5.41, 5.74) is 0. The summed E-state index contributed by atoms with van der Waals surface area (Å²) in [6, 6.07) is 0. The second-order valence-corrected chi connectivity index (χ2v) is 4.39. The number of hydrogen-bond donors (Lipinski definition) is 1. The highest BCUT2D eigenvalue weighted by Crippen LogP contribution is 2.16. The largest absolute Gasteiger partial charge is 0.481 e. The maximum atomic E-state index is 11.4. The Bertz CT molecular complexity index is 300. The summed E-state index contributed by atoms with van der Waals surface area (Å²) in [5, 5.41) is 8.54. The highest BCUT2D eigenvalue weighted by atomic mass is 16.6. The lowest BCUT2D eigenvalue weighted by molar-refractivity contribution is -0.148. The zero-order valence-corrected chi connectivity index (χ0v) is 11.5. The van der Waals surface area contributed by atoms with Crippen molar-refractivity contribution in [3.05, 3.63) is 0 Å². The molecule has 0 aliphatic heterocycles. The van der Waals surface area contributed by atoms with Gasteiger partial charge in [-0.25, -0.2) is 4.79 Å². The van der Waals surface area contributed by atoms with Crippen LogP contribution < -0.4 is 0 Å². The lowest BCUT2D eigenvalue weighted by Gasteiger charge is -2.13. The fraction of sp³-hybridized carbons (Fsp3) is 0.769. The van der Waals surface area contributed by atoms with Gasteiger partial charge in [0, 0.05) is 19.4 Å². The molecule has 0 aliphatic carbocycles. The average Bonchev–Trinajstić information content (AvgIpc) is 2.31. The van der Waals surface area contributed by atoms with Crippen LogP contribution in [0, 0.1) is 5.92 Å². The SMILES string of the molecule is COCC(=O)OCCCC(CCCC(=O)O)C(C)=O. The molecule has 0 bridgehead atoms. The van der Waals surface area contributed by atoms with Gasteiger partial charge in [-0.05, 0) is 32.6 Å². The quantitative estimate of drug-likeness (QED) is 0.452. The molecule has 0 amide bonds. The minimum absolute atomic E-state index is 0.0496. The number of carbonyl (C=O) groups is 3. The van der Waals surface area contributed by atoms with Gasteiger partial charge in [-0.1, -0.05) is 0 Å². The van der Waals surface area contributed by atoms with Crippen LogP contribution in [0.15, 0.2) is 0 Å². The fourth-order valence-corrected chi connectivity index (χ4v) is 1.73. The van der Waals surface area contributed by atoms with E-state index in [2.05, 4.69) is 4.74 Å². The van der Waals surface area contributed by atoms with Crippen molar-refractivity contribution < 1.29 is 29.0 Å². The predicted octanol–water partition coefficient (Wildman–Crippen LogP) is 1.42. The van der Waals surface area contributed by atoms with Crippen molar-refractivity contribution in [2.24, 2.45) is 5.92 Å². The molecule has 0 radical (unpaired) electrons. The standard InChI is InChI=1S/C13H22O6/c1-10(14)11(5-3-7-12(15)16)6-4-8-19-13(17)9-18-2/h11H,3-9H2,1-2H3,(H,15,16). The van der Waals surface area contributed by atoms with Gasteiger partial charge in [0.15, 0.2) is 0 Å². The first kappa shape index (κ1) is 17.6. The Hall–Kier alpha value is -1.43. The number of carbonyl (C=O) groups excluding carboxylic acids is 2. The second kappa shape index (κ2) is 10.5. The minimum atomic E-state index is -0.851. The average molecular weight is 274 g/mol. The highest BCUT2D eigenvalue weighted by Gasteiger charge is 2.14. The molecule has 0 saturated heterocycles. The monoisotopic (exact) mass is 274 g/mol. The molecule has 6 nitrogen and oxygen atoms in total. The number of hydrogen-bond acceptors (Lipinski definition) is 5. The normalized spacial score (nSPS) is 11.9. The first-order chi connectivity index (χ1) is 8.97. The summed E-state index contributed by atoms with van der Waals surface area (Å²) in [4.78, 5) is 32.8. The molecular weight excluding hydrogens is 252 g/mol. The van der Waals surface area contributed by atoms with Crippen LogP contribution in [-0.2, 0) is 23.9 Å². The third kappa shape index (κ3) is 10.2. The number of esters is 1. The van der Waals surface area contributed by atoms with Crippen LogP contribution in [0.5, 0.6) is 0 Å². The van der Waals surface area contributed by atoms with E-state index in [0.29, 0.717) is 25.7 Å². The van der Waals surface area contributed by atoms with Gasteiger partial charge < -0.3 is 14.6 Å². The summed E-state index contributed by atoms with van der Waals surface area (Å²) in [6.45, 7) is 1.68. The second-order valence-electron chi connectivity index (χ2n) is 4.39. The van der Waals surface area contributed by atoms with Crippen LogP contribution >= 0.6 is 0 Å². The molecule has 0 fully saturated rings. The molecule has 0 rings (SSSR count). The molecular formula is C13H22O6. The van der Waals surface area contributed by atoms with E-state index in [9.17, 15) is 14.4 Å². The Labute approximate surface area is 113 Å². The zero-order valence-electron chi connectivity index (χ0n) is 11.5. The lowest BCUT2D eigenvalue weighted by atomic mass is 9.93. The van der Waals surface area contributed by atoms with Crippen molar-refractivity contribution in [1.29, 1.82) is 0 Å². The van der Waals surface area contributed by atoms with Gasteiger partial charge in [-0.15, -0.1) is 0 Å². The first-order valence-electron chi connectivity index (χ1n) is 6.34. The smallest absolute Gasteiger partial charge is 0.332 e. The number of carboxylic acids is 1. The zero-order chi connectivity index (χ0) is 14.7. The lowest BCUT2D eigenvalue weighted by Crippen LogP contribution is -2.15. The Morgan fingerprint density at radius 1 is 1.16 bits per heavy atom. The van der Waals surface area contributed by atoms with Gasteiger partial charge in [-0.2, -0.15) is 0 Å². The van der Waals surface area contributed by atoms with E-state index < -0.39 is 11.9 Å². The summed E-state index contributed by atoms with van der Waals surface area (Å²) < 4.78 is 9.50. The minimum Gasteiger partial charge on any atom is -0.481 e. The van der Waals surface area contributed by atoms with Gasteiger partial charge in [-0.3, -0.25) is 9.59 Å². The Kier molecular flexibility index (Phi) is 9.70. The molecule has 0 spiro atoms. The molecule has 0 saturated carbocycles.